The molecule has 3 aromatic rings. The summed E-state index contributed by atoms with van der Waals surface area (Å²) in [5.41, 5.74) is -2.59. The van der Waals surface area contributed by atoms with Crippen molar-refractivity contribution in [2.75, 3.05) is 5.32 Å². The third-order valence-corrected chi connectivity index (χ3v) is 7.55. The molecule has 10 heteroatoms. The van der Waals surface area contributed by atoms with Crippen LogP contribution in [0.25, 0.3) is 10.4 Å². The van der Waals surface area contributed by atoms with Crippen molar-refractivity contribution in [1.29, 1.82) is 0 Å². The van der Waals surface area contributed by atoms with Gasteiger partial charge in [-0.2, -0.15) is 13.2 Å². The summed E-state index contributed by atoms with van der Waals surface area (Å²) >= 11 is 1.32. The number of aromatic nitrogens is 3. The highest BCUT2D eigenvalue weighted by Gasteiger charge is 2.73. The predicted molar refractivity (Wildman–Crippen MR) is 115 cm³/mol. The molecule has 2 heterocycles. The first-order chi connectivity index (χ1) is 14.8. The summed E-state index contributed by atoms with van der Waals surface area (Å²) in [7, 11) is 0. The first-order valence-electron chi connectivity index (χ1n) is 9.93. The molecule has 32 heavy (non-hydrogen) atoms. The van der Waals surface area contributed by atoms with E-state index < -0.39 is 34.4 Å². The molecule has 1 aliphatic carbocycles. The fourth-order valence-electron chi connectivity index (χ4n) is 4.63. The molecule has 0 aliphatic heterocycles. The van der Waals surface area contributed by atoms with Gasteiger partial charge in [0.05, 0.1) is 11.0 Å². The summed E-state index contributed by atoms with van der Waals surface area (Å²) in [5, 5.41) is 25.3. The van der Waals surface area contributed by atoms with Gasteiger partial charge in [-0.25, -0.2) is 15.0 Å². The van der Waals surface area contributed by atoms with Crippen LogP contribution in [0.2, 0.25) is 0 Å². The number of aliphatic hydroxyl groups excluding tert-OH is 1. The minimum absolute atomic E-state index is 0.164. The second-order valence-corrected chi connectivity index (χ2v) is 10.1. The second-order valence-electron chi connectivity index (χ2n) is 9.06. The van der Waals surface area contributed by atoms with Crippen LogP contribution in [0.4, 0.5) is 24.8 Å². The Kier molecular flexibility index (Phi) is 5.11. The number of halogens is 3. The van der Waals surface area contributed by atoms with Crippen LogP contribution in [0.3, 0.4) is 0 Å². The first-order valence-corrected chi connectivity index (χ1v) is 10.7. The number of thiazole rings is 1. The van der Waals surface area contributed by atoms with Gasteiger partial charge in [0.2, 0.25) is 5.95 Å². The fraction of sp³-hybridized carbons (Fsp3) is 0.409. The van der Waals surface area contributed by atoms with Crippen LogP contribution >= 0.6 is 11.3 Å². The molecule has 0 saturated heterocycles. The van der Waals surface area contributed by atoms with E-state index in [1.165, 1.54) is 11.3 Å². The van der Waals surface area contributed by atoms with Gasteiger partial charge in [-0.3, -0.25) is 0 Å². The van der Waals surface area contributed by atoms with Crippen LogP contribution in [0.15, 0.2) is 42.7 Å². The lowest BCUT2D eigenvalue weighted by Gasteiger charge is -2.66. The Morgan fingerprint density at radius 2 is 1.75 bits per heavy atom. The van der Waals surface area contributed by atoms with Gasteiger partial charge in [0, 0.05) is 28.9 Å². The molecule has 0 unspecified atom stereocenters. The molecule has 1 aliphatic rings. The number of hydrogen-bond acceptors (Lipinski definition) is 7. The summed E-state index contributed by atoms with van der Waals surface area (Å²) in [6.45, 7) is 7.24. The van der Waals surface area contributed by atoms with Crippen molar-refractivity contribution in [1.82, 2.24) is 15.0 Å². The summed E-state index contributed by atoms with van der Waals surface area (Å²) in [5.74, 6) is -0.164. The maximum atomic E-state index is 12.9. The summed E-state index contributed by atoms with van der Waals surface area (Å²) in [6, 6.07) is 7.84. The van der Waals surface area contributed by atoms with E-state index in [2.05, 4.69) is 20.3 Å². The van der Waals surface area contributed by atoms with E-state index in [0.29, 0.717) is 10.7 Å². The molecule has 1 saturated carbocycles. The highest BCUT2D eigenvalue weighted by molar-refractivity contribution is 7.15. The molecule has 6 nitrogen and oxygen atoms in total. The first kappa shape index (κ1) is 22.6. The SMILES string of the molecule is CC1(C)C(O)C(C)(C)C1(O)c1ncc(-c2cccc(Nc3nccc(C(F)(F)F)n3)c2)s1. The lowest BCUT2D eigenvalue weighted by atomic mass is 9.43. The molecule has 0 amide bonds. The van der Waals surface area contributed by atoms with Gasteiger partial charge in [-0.05, 0) is 23.8 Å². The van der Waals surface area contributed by atoms with Crippen molar-refractivity contribution in [3.05, 3.63) is 53.4 Å². The van der Waals surface area contributed by atoms with Gasteiger partial charge in [0.1, 0.15) is 16.3 Å². The van der Waals surface area contributed by atoms with Crippen molar-refractivity contribution in [3.63, 3.8) is 0 Å². The molecule has 1 fully saturated rings. The lowest BCUT2D eigenvalue weighted by molar-refractivity contribution is -0.328. The van der Waals surface area contributed by atoms with E-state index in [4.69, 9.17) is 0 Å². The maximum Gasteiger partial charge on any atom is 0.433 e. The Morgan fingerprint density at radius 3 is 2.41 bits per heavy atom. The average molecular weight is 465 g/mol. The molecule has 0 radical (unpaired) electrons. The molecule has 0 atom stereocenters. The highest BCUT2D eigenvalue weighted by Crippen LogP contribution is 2.67. The molecule has 1 aromatic carbocycles. The second kappa shape index (κ2) is 7.23. The van der Waals surface area contributed by atoms with Gasteiger partial charge in [-0.1, -0.05) is 39.8 Å². The number of alkyl halides is 3. The van der Waals surface area contributed by atoms with Crippen LogP contribution in [0, 0.1) is 10.8 Å². The van der Waals surface area contributed by atoms with Crippen molar-refractivity contribution >= 4 is 23.0 Å². The fourth-order valence-corrected chi connectivity index (χ4v) is 5.97. The molecule has 170 valence electrons. The Morgan fingerprint density at radius 1 is 1.06 bits per heavy atom. The van der Waals surface area contributed by atoms with Crippen LogP contribution < -0.4 is 5.32 Å². The van der Waals surface area contributed by atoms with Crippen molar-refractivity contribution < 1.29 is 23.4 Å². The minimum atomic E-state index is -4.56. The number of aliphatic hydroxyl groups is 2. The summed E-state index contributed by atoms with van der Waals surface area (Å²) in [4.78, 5) is 12.6. The third-order valence-electron chi connectivity index (χ3n) is 6.40. The molecule has 0 bridgehead atoms. The zero-order valence-corrected chi connectivity index (χ0v) is 18.7. The predicted octanol–water partition coefficient (Wildman–Crippen LogP) is 4.98. The number of nitrogens with zero attached hydrogens (tertiary/aromatic N) is 3. The topological polar surface area (TPSA) is 91.2 Å². The molecular formula is C22H23F3N4O2S. The Bertz CT molecular complexity index is 1140. The standard InChI is InChI=1S/C22H23F3N4O2S/c1-19(2)16(30)20(3,4)21(19,31)17-27-11-14(32-17)12-6-5-7-13(10-12)28-18-26-9-8-15(29-18)22(23,24)25/h5-11,16,30-31H,1-4H3,(H,26,28,29). The van der Waals surface area contributed by atoms with E-state index in [-0.39, 0.29) is 5.95 Å². The van der Waals surface area contributed by atoms with Crippen molar-refractivity contribution in [2.45, 2.75) is 45.6 Å². The number of nitrogens with one attached hydrogen (secondary N) is 1. The molecule has 4 rings (SSSR count). The van der Waals surface area contributed by atoms with Crippen LogP contribution in [0.1, 0.15) is 38.4 Å². The smallest absolute Gasteiger partial charge is 0.392 e. The summed E-state index contributed by atoms with van der Waals surface area (Å²) < 4.78 is 38.7. The third kappa shape index (κ3) is 3.28. The molecule has 3 N–H and O–H groups in total. The minimum Gasteiger partial charge on any atom is -0.392 e. The van der Waals surface area contributed by atoms with E-state index in [1.54, 1.807) is 24.4 Å². The van der Waals surface area contributed by atoms with E-state index in [0.717, 1.165) is 22.7 Å². The van der Waals surface area contributed by atoms with Gasteiger partial charge in [-0.15, -0.1) is 11.3 Å². The van der Waals surface area contributed by atoms with Crippen LogP contribution in [0.5, 0.6) is 0 Å². The van der Waals surface area contributed by atoms with Gasteiger partial charge < -0.3 is 15.5 Å². The number of hydrogen-bond donors (Lipinski definition) is 3. The monoisotopic (exact) mass is 464 g/mol. The number of rotatable bonds is 4. The van der Waals surface area contributed by atoms with Gasteiger partial charge in [0.25, 0.3) is 0 Å². The molecule has 2 aromatic heterocycles. The Labute approximate surface area is 187 Å². The van der Waals surface area contributed by atoms with Gasteiger partial charge in [0.15, 0.2) is 0 Å². The normalized spacial score (nSPS) is 24.1. The van der Waals surface area contributed by atoms with E-state index in [9.17, 15) is 23.4 Å². The average Bonchev–Trinajstić information content (AvgIpc) is 3.22. The summed E-state index contributed by atoms with van der Waals surface area (Å²) in [6.07, 6.45) is -2.55. The lowest BCUT2D eigenvalue weighted by Crippen LogP contribution is -2.74. The molecular weight excluding hydrogens is 441 g/mol. The highest BCUT2D eigenvalue weighted by atomic mass is 32.1. The number of benzene rings is 1. The Hall–Kier alpha value is -2.56. The van der Waals surface area contributed by atoms with E-state index >= 15 is 0 Å². The van der Waals surface area contributed by atoms with Crippen molar-refractivity contribution in [3.8, 4) is 10.4 Å². The zero-order chi connectivity index (χ0) is 23.5. The largest absolute Gasteiger partial charge is 0.433 e. The number of anilines is 2. The van der Waals surface area contributed by atoms with Crippen LogP contribution in [-0.2, 0) is 11.8 Å². The quantitative estimate of drug-likeness (QED) is 0.505. The maximum absolute atomic E-state index is 12.9. The van der Waals surface area contributed by atoms with E-state index in [1.807, 2.05) is 33.8 Å². The Balaban J connectivity index is 1.62. The van der Waals surface area contributed by atoms with Gasteiger partial charge >= 0.3 is 6.18 Å². The van der Waals surface area contributed by atoms with Crippen molar-refractivity contribution in [2.24, 2.45) is 10.8 Å². The zero-order valence-electron chi connectivity index (χ0n) is 17.9. The van der Waals surface area contributed by atoms with Crippen LogP contribution in [-0.4, -0.2) is 31.3 Å². The molecule has 0 spiro atoms.